The average molecular weight is 168 g/mol. The van der Waals surface area contributed by atoms with Gasteiger partial charge in [0.15, 0.2) is 0 Å². The first-order valence-corrected chi connectivity index (χ1v) is 4.03. The topological polar surface area (TPSA) is 36.3 Å². The van der Waals surface area contributed by atoms with Crippen molar-refractivity contribution in [1.29, 1.82) is 0 Å². The van der Waals surface area contributed by atoms with Gasteiger partial charge < -0.3 is 14.0 Å². The Balaban J connectivity index is 2.13. The van der Waals surface area contributed by atoms with Crippen LogP contribution in [-0.4, -0.2) is 29.4 Å². The fourth-order valence-corrected chi connectivity index (χ4v) is 1.34. The molecule has 2 rings (SSSR count). The van der Waals surface area contributed by atoms with Crippen molar-refractivity contribution >= 4 is 0 Å². The van der Waals surface area contributed by atoms with Crippen LogP contribution in [0.1, 0.15) is 11.8 Å². The third-order valence-electron chi connectivity index (χ3n) is 2.00. The Hall–Kier alpha value is -0.870. The van der Waals surface area contributed by atoms with Crippen LogP contribution in [0.25, 0.3) is 0 Å². The van der Waals surface area contributed by atoms with E-state index in [0.717, 1.165) is 5.69 Å². The molecule has 1 unspecified atom stereocenters. The average Bonchev–Trinajstić information content (AvgIpc) is 2.53. The Bertz CT molecular complexity index is 253. The summed E-state index contributed by atoms with van der Waals surface area (Å²) in [6.45, 7) is 2.02. The number of aryl methyl sites for hydroxylation is 1. The number of ether oxygens (including phenoxy) is 2. The maximum atomic E-state index is 5.52. The number of rotatable bonds is 1. The second kappa shape index (κ2) is 3.25. The van der Waals surface area contributed by atoms with E-state index in [1.165, 1.54) is 0 Å². The second-order valence-electron chi connectivity index (χ2n) is 2.86. The molecule has 1 fully saturated rings. The van der Waals surface area contributed by atoms with Crippen LogP contribution in [0.2, 0.25) is 0 Å². The van der Waals surface area contributed by atoms with Gasteiger partial charge in [-0.15, -0.1) is 0 Å². The SMILES string of the molecule is Cn1cncc1C1COCCO1. The Morgan fingerprint density at radius 2 is 2.50 bits per heavy atom. The third-order valence-corrected chi connectivity index (χ3v) is 2.00. The van der Waals surface area contributed by atoms with E-state index in [0.29, 0.717) is 19.8 Å². The molecule has 1 aromatic heterocycles. The highest BCUT2D eigenvalue weighted by molar-refractivity contribution is 5.02. The van der Waals surface area contributed by atoms with Crippen molar-refractivity contribution in [2.75, 3.05) is 19.8 Å². The lowest BCUT2D eigenvalue weighted by molar-refractivity contribution is -0.0927. The zero-order valence-electron chi connectivity index (χ0n) is 7.06. The molecule has 0 amide bonds. The van der Waals surface area contributed by atoms with Crippen LogP contribution in [0.5, 0.6) is 0 Å². The van der Waals surface area contributed by atoms with E-state index < -0.39 is 0 Å². The predicted octanol–water partition coefficient (Wildman–Crippen LogP) is 0.508. The highest BCUT2D eigenvalue weighted by atomic mass is 16.6. The van der Waals surface area contributed by atoms with Crippen molar-refractivity contribution in [3.05, 3.63) is 18.2 Å². The molecule has 4 nitrogen and oxygen atoms in total. The lowest BCUT2D eigenvalue weighted by Crippen LogP contribution is -2.23. The van der Waals surface area contributed by atoms with Gasteiger partial charge >= 0.3 is 0 Å². The van der Waals surface area contributed by atoms with Crippen LogP contribution in [0.3, 0.4) is 0 Å². The molecule has 0 saturated carbocycles. The molecule has 1 saturated heterocycles. The van der Waals surface area contributed by atoms with Crippen LogP contribution >= 0.6 is 0 Å². The van der Waals surface area contributed by atoms with Gasteiger partial charge in [-0.05, 0) is 0 Å². The summed E-state index contributed by atoms with van der Waals surface area (Å²) in [6.07, 6.45) is 3.65. The van der Waals surface area contributed by atoms with Crippen LogP contribution in [-0.2, 0) is 16.5 Å². The van der Waals surface area contributed by atoms with Crippen LogP contribution in [0.4, 0.5) is 0 Å². The van der Waals surface area contributed by atoms with Gasteiger partial charge in [-0.3, -0.25) is 0 Å². The van der Waals surface area contributed by atoms with Crippen molar-refractivity contribution in [3.8, 4) is 0 Å². The molecule has 0 aromatic carbocycles. The molecule has 0 spiro atoms. The molecule has 1 aromatic rings. The smallest absolute Gasteiger partial charge is 0.122 e. The summed E-state index contributed by atoms with van der Waals surface area (Å²) >= 11 is 0. The molecule has 0 aliphatic carbocycles. The minimum absolute atomic E-state index is 0.0613. The first-order chi connectivity index (χ1) is 5.88. The maximum Gasteiger partial charge on any atom is 0.122 e. The van der Waals surface area contributed by atoms with Gasteiger partial charge in [0, 0.05) is 7.05 Å². The van der Waals surface area contributed by atoms with Gasteiger partial charge in [0.1, 0.15) is 6.10 Å². The number of nitrogens with zero attached hydrogens (tertiary/aromatic N) is 2. The summed E-state index contributed by atoms with van der Waals surface area (Å²) in [5.41, 5.74) is 1.08. The molecule has 1 aliphatic heterocycles. The zero-order valence-corrected chi connectivity index (χ0v) is 7.06. The number of aromatic nitrogens is 2. The molecule has 0 bridgehead atoms. The highest BCUT2D eigenvalue weighted by Crippen LogP contribution is 2.18. The van der Waals surface area contributed by atoms with Crippen LogP contribution in [0, 0.1) is 0 Å². The van der Waals surface area contributed by atoms with E-state index in [9.17, 15) is 0 Å². The zero-order chi connectivity index (χ0) is 8.39. The van der Waals surface area contributed by atoms with E-state index >= 15 is 0 Å². The van der Waals surface area contributed by atoms with Crippen molar-refractivity contribution in [2.24, 2.45) is 7.05 Å². The number of hydrogen-bond acceptors (Lipinski definition) is 3. The van der Waals surface area contributed by atoms with E-state index in [2.05, 4.69) is 4.98 Å². The lowest BCUT2D eigenvalue weighted by Gasteiger charge is -2.22. The normalized spacial score (nSPS) is 24.2. The van der Waals surface area contributed by atoms with E-state index in [-0.39, 0.29) is 6.10 Å². The summed E-state index contributed by atoms with van der Waals surface area (Å²) in [4.78, 5) is 4.02. The summed E-state index contributed by atoms with van der Waals surface area (Å²) < 4.78 is 12.8. The fraction of sp³-hybridized carbons (Fsp3) is 0.625. The summed E-state index contributed by atoms with van der Waals surface area (Å²) in [6, 6.07) is 0. The van der Waals surface area contributed by atoms with Gasteiger partial charge in [0.2, 0.25) is 0 Å². The van der Waals surface area contributed by atoms with E-state index in [1.54, 1.807) is 6.33 Å². The molecule has 12 heavy (non-hydrogen) atoms. The summed E-state index contributed by atoms with van der Waals surface area (Å²) in [7, 11) is 1.96. The highest BCUT2D eigenvalue weighted by Gasteiger charge is 2.18. The van der Waals surface area contributed by atoms with Crippen LogP contribution < -0.4 is 0 Å². The largest absolute Gasteiger partial charge is 0.376 e. The predicted molar refractivity (Wildman–Crippen MR) is 42.7 cm³/mol. The van der Waals surface area contributed by atoms with Gasteiger partial charge in [-0.1, -0.05) is 0 Å². The molecule has 2 heterocycles. The lowest BCUT2D eigenvalue weighted by atomic mass is 10.2. The molecular formula is C8H12N2O2. The Labute approximate surface area is 71.1 Å². The molecule has 4 heteroatoms. The molecule has 0 radical (unpaired) electrons. The quantitative estimate of drug-likeness (QED) is 0.613. The van der Waals surface area contributed by atoms with Gasteiger partial charge in [0.05, 0.1) is 38.0 Å². The van der Waals surface area contributed by atoms with Gasteiger partial charge in [0.25, 0.3) is 0 Å². The van der Waals surface area contributed by atoms with Gasteiger partial charge in [-0.25, -0.2) is 4.98 Å². The minimum atomic E-state index is 0.0613. The third kappa shape index (κ3) is 1.35. The first kappa shape index (κ1) is 7.76. The minimum Gasteiger partial charge on any atom is -0.376 e. The molecule has 1 aliphatic rings. The Morgan fingerprint density at radius 1 is 1.58 bits per heavy atom. The fourth-order valence-electron chi connectivity index (χ4n) is 1.34. The monoisotopic (exact) mass is 168 g/mol. The second-order valence-corrected chi connectivity index (χ2v) is 2.86. The van der Waals surface area contributed by atoms with Crippen molar-refractivity contribution in [3.63, 3.8) is 0 Å². The number of hydrogen-bond donors (Lipinski definition) is 0. The number of imidazole rings is 1. The van der Waals surface area contributed by atoms with Crippen molar-refractivity contribution in [1.82, 2.24) is 9.55 Å². The van der Waals surface area contributed by atoms with Crippen molar-refractivity contribution < 1.29 is 9.47 Å². The maximum absolute atomic E-state index is 5.52. The first-order valence-electron chi connectivity index (χ1n) is 4.03. The summed E-state index contributed by atoms with van der Waals surface area (Å²) in [5, 5.41) is 0. The van der Waals surface area contributed by atoms with Crippen LogP contribution in [0.15, 0.2) is 12.5 Å². The van der Waals surface area contributed by atoms with Gasteiger partial charge in [-0.2, -0.15) is 0 Å². The molecule has 1 atom stereocenters. The standard InChI is InChI=1S/C8H12N2O2/c1-10-6-9-4-7(10)8-5-11-2-3-12-8/h4,6,8H,2-3,5H2,1H3. The molecular weight excluding hydrogens is 156 g/mol. The van der Waals surface area contributed by atoms with Crippen molar-refractivity contribution in [2.45, 2.75) is 6.10 Å². The Kier molecular flexibility index (Phi) is 2.10. The molecule has 66 valence electrons. The Morgan fingerprint density at radius 3 is 3.08 bits per heavy atom. The van der Waals surface area contributed by atoms with E-state index in [4.69, 9.17) is 9.47 Å². The summed E-state index contributed by atoms with van der Waals surface area (Å²) in [5.74, 6) is 0. The van der Waals surface area contributed by atoms with E-state index in [1.807, 2.05) is 17.8 Å². The molecule has 0 N–H and O–H groups in total.